The van der Waals surface area contributed by atoms with E-state index in [2.05, 4.69) is 10.6 Å². The van der Waals surface area contributed by atoms with Crippen LogP contribution in [0.5, 0.6) is 0 Å². The van der Waals surface area contributed by atoms with Gasteiger partial charge in [0, 0.05) is 29.7 Å². The van der Waals surface area contributed by atoms with Crippen molar-refractivity contribution >= 4 is 29.2 Å². The fourth-order valence-corrected chi connectivity index (χ4v) is 2.44. The molecule has 108 valence electrons. The van der Waals surface area contributed by atoms with E-state index in [1.807, 2.05) is 13.8 Å². The molecule has 1 atom stereocenters. The number of urea groups is 1. The van der Waals surface area contributed by atoms with Gasteiger partial charge in [-0.05, 0) is 32.0 Å². The summed E-state index contributed by atoms with van der Waals surface area (Å²) in [5, 5.41) is 6.07. The largest absolute Gasteiger partial charge is 0.338 e. The zero-order valence-corrected chi connectivity index (χ0v) is 12.3. The molecule has 5 nitrogen and oxygen atoms in total. The predicted molar refractivity (Wildman–Crippen MR) is 78.9 cm³/mol. The summed E-state index contributed by atoms with van der Waals surface area (Å²) in [5.74, 6) is 0.0769. The Morgan fingerprint density at radius 1 is 1.45 bits per heavy atom. The van der Waals surface area contributed by atoms with Crippen molar-refractivity contribution in [2.75, 3.05) is 11.9 Å². The van der Waals surface area contributed by atoms with E-state index in [4.69, 9.17) is 11.6 Å². The first kappa shape index (κ1) is 14.7. The van der Waals surface area contributed by atoms with E-state index < -0.39 is 0 Å². The molecule has 2 rings (SSSR count). The number of anilines is 1. The molecule has 0 spiro atoms. The number of rotatable bonds is 3. The van der Waals surface area contributed by atoms with Crippen LogP contribution in [0.2, 0.25) is 5.02 Å². The van der Waals surface area contributed by atoms with Crippen molar-refractivity contribution in [3.05, 3.63) is 29.3 Å². The van der Waals surface area contributed by atoms with Gasteiger partial charge >= 0.3 is 6.03 Å². The first-order chi connectivity index (χ1) is 9.45. The van der Waals surface area contributed by atoms with Gasteiger partial charge in [0.15, 0.2) is 0 Å². The number of benzene rings is 1. The Kier molecular flexibility index (Phi) is 4.49. The summed E-state index contributed by atoms with van der Waals surface area (Å²) in [5.41, 5.74) is 0.625. The molecule has 1 fully saturated rings. The van der Waals surface area contributed by atoms with E-state index in [9.17, 15) is 9.59 Å². The quantitative estimate of drug-likeness (QED) is 0.900. The standard InChI is InChI=1S/C14H18ClN3O2/c1-9(2)18-8-12(7-13(18)19)17-14(20)16-11-5-3-4-10(15)6-11/h3-6,9,12H,7-8H2,1-2H3,(H2,16,17,20). The van der Waals surface area contributed by atoms with Crippen LogP contribution in [0.25, 0.3) is 0 Å². The molecule has 1 unspecified atom stereocenters. The highest BCUT2D eigenvalue weighted by Gasteiger charge is 2.31. The van der Waals surface area contributed by atoms with Crippen molar-refractivity contribution in [3.8, 4) is 0 Å². The Bertz CT molecular complexity index is 519. The van der Waals surface area contributed by atoms with E-state index in [1.54, 1.807) is 29.2 Å². The Morgan fingerprint density at radius 3 is 2.80 bits per heavy atom. The molecule has 20 heavy (non-hydrogen) atoms. The third kappa shape index (κ3) is 3.63. The van der Waals surface area contributed by atoms with Crippen LogP contribution in [0, 0.1) is 0 Å². The highest BCUT2D eigenvalue weighted by molar-refractivity contribution is 6.30. The average Bonchev–Trinajstić information content (AvgIpc) is 2.70. The van der Waals surface area contributed by atoms with E-state index in [1.165, 1.54) is 0 Å². The predicted octanol–water partition coefficient (Wildman–Crippen LogP) is 2.47. The maximum atomic E-state index is 11.9. The zero-order valence-electron chi connectivity index (χ0n) is 11.5. The monoisotopic (exact) mass is 295 g/mol. The molecule has 1 aromatic rings. The average molecular weight is 296 g/mol. The molecule has 3 amide bonds. The Hall–Kier alpha value is -1.75. The van der Waals surface area contributed by atoms with Crippen molar-refractivity contribution in [1.29, 1.82) is 0 Å². The lowest BCUT2D eigenvalue weighted by molar-refractivity contribution is -0.129. The molecule has 1 aliphatic heterocycles. The van der Waals surface area contributed by atoms with Gasteiger partial charge < -0.3 is 15.5 Å². The molecule has 0 aromatic heterocycles. The van der Waals surface area contributed by atoms with Crippen molar-refractivity contribution in [2.45, 2.75) is 32.4 Å². The van der Waals surface area contributed by atoms with E-state index in [0.717, 1.165) is 0 Å². The molecule has 0 aliphatic carbocycles. The maximum Gasteiger partial charge on any atom is 0.319 e. The minimum atomic E-state index is -0.323. The highest BCUT2D eigenvalue weighted by atomic mass is 35.5. The SMILES string of the molecule is CC(C)N1CC(NC(=O)Nc2cccc(Cl)c2)CC1=O. The Labute approximate surface area is 123 Å². The molecule has 6 heteroatoms. The van der Waals surface area contributed by atoms with E-state index in [0.29, 0.717) is 23.7 Å². The molecule has 1 aromatic carbocycles. The second kappa shape index (κ2) is 6.13. The van der Waals surface area contributed by atoms with Crippen LogP contribution >= 0.6 is 11.6 Å². The summed E-state index contributed by atoms with van der Waals surface area (Å²) >= 11 is 5.85. The normalized spacial score (nSPS) is 18.5. The number of hydrogen-bond acceptors (Lipinski definition) is 2. The van der Waals surface area contributed by atoms with Crippen molar-refractivity contribution in [3.63, 3.8) is 0 Å². The number of amides is 3. The lowest BCUT2D eigenvalue weighted by atomic mass is 10.2. The molecular weight excluding hydrogens is 278 g/mol. The molecule has 2 N–H and O–H groups in total. The zero-order chi connectivity index (χ0) is 14.7. The van der Waals surface area contributed by atoms with Gasteiger partial charge in [0.2, 0.25) is 5.91 Å². The van der Waals surface area contributed by atoms with E-state index in [-0.39, 0.29) is 24.0 Å². The van der Waals surface area contributed by atoms with Crippen LogP contribution in [0.4, 0.5) is 10.5 Å². The number of likely N-dealkylation sites (tertiary alicyclic amines) is 1. The fourth-order valence-electron chi connectivity index (χ4n) is 2.25. The number of halogens is 1. The first-order valence-electron chi connectivity index (χ1n) is 6.58. The van der Waals surface area contributed by atoms with Gasteiger partial charge in [-0.2, -0.15) is 0 Å². The Balaban J connectivity index is 1.88. The minimum absolute atomic E-state index is 0.0769. The molecule has 1 heterocycles. The molecular formula is C14H18ClN3O2. The molecule has 1 saturated heterocycles. The summed E-state index contributed by atoms with van der Waals surface area (Å²) in [6.07, 6.45) is 0.348. The second-order valence-electron chi connectivity index (χ2n) is 5.15. The third-order valence-corrected chi connectivity index (χ3v) is 3.43. The van der Waals surface area contributed by atoms with E-state index >= 15 is 0 Å². The van der Waals surface area contributed by atoms with Crippen LogP contribution in [-0.4, -0.2) is 35.5 Å². The maximum absolute atomic E-state index is 11.9. The molecule has 0 bridgehead atoms. The Morgan fingerprint density at radius 2 is 2.20 bits per heavy atom. The van der Waals surface area contributed by atoms with Crippen LogP contribution in [-0.2, 0) is 4.79 Å². The van der Waals surface area contributed by atoms with Crippen LogP contribution < -0.4 is 10.6 Å². The number of hydrogen-bond donors (Lipinski definition) is 2. The first-order valence-corrected chi connectivity index (χ1v) is 6.96. The van der Waals surface area contributed by atoms with Gasteiger partial charge in [0.05, 0.1) is 6.04 Å². The van der Waals surface area contributed by atoms with Crippen LogP contribution in [0.3, 0.4) is 0 Å². The van der Waals surface area contributed by atoms with Crippen LogP contribution in [0.1, 0.15) is 20.3 Å². The minimum Gasteiger partial charge on any atom is -0.338 e. The summed E-state index contributed by atoms with van der Waals surface area (Å²) in [6.45, 7) is 4.48. The summed E-state index contributed by atoms with van der Waals surface area (Å²) < 4.78 is 0. The van der Waals surface area contributed by atoms with Gasteiger partial charge in [-0.3, -0.25) is 4.79 Å². The van der Waals surface area contributed by atoms with Gasteiger partial charge in [0.25, 0.3) is 0 Å². The summed E-state index contributed by atoms with van der Waals surface area (Å²) in [7, 11) is 0. The van der Waals surface area contributed by atoms with Gasteiger partial charge in [0.1, 0.15) is 0 Å². The number of carbonyl (C=O) groups is 2. The number of carbonyl (C=O) groups excluding carboxylic acids is 2. The lowest BCUT2D eigenvalue weighted by Crippen LogP contribution is -2.40. The van der Waals surface area contributed by atoms with Gasteiger partial charge in [-0.15, -0.1) is 0 Å². The second-order valence-corrected chi connectivity index (χ2v) is 5.59. The number of nitrogens with one attached hydrogen (secondary N) is 2. The van der Waals surface area contributed by atoms with Crippen molar-refractivity contribution in [2.24, 2.45) is 0 Å². The smallest absolute Gasteiger partial charge is 0.319 e. The van der Waals surface area contributed by atoms with Gasteiger partial charge in [-0.1, -0.05) is 17.7 Å². The van der Waals surface area contributed by atoms with Gasteiger partial charge in [-0.25, -0.2) is 4.79 Å². The number of nitrogens with zero attached hydrogens (tertiary/aromatic N) is 1. The molecule has 1 aliphatic rings. The summed E-state index contributed by atoms with van der Waals surface area (Å²) in [4.78, 5) is 25.4. The van der Waals surface area contributed by atoms with Crippen molar-refractivity contribution in [1.82, 2.24) is 10.2 Å². The summed E-state index contributed by atoms with van der Waals surface area (Å²) in [6, 6.07) is 6.61. The third-order valence-electron chi connectivity index (χ3n) is 3.20. The highest BCUT2D eigenvalue weighted by Crippen LogP contribution is 2.16. The molecule has 0 radical (unpaired) electrons. The lowest BCUT2D eigenvalue weighted by Gasteiger charge is -2.21. The van der Waals surface area contributed by atoms with Crippen LogP contribution in [0.15, 0.2) is 24.3 Å². The molecule has 0 saturated carbocycles. The fraction of sp³-hybridized carbons (Fsp3) is 0.429. The van der Waals surface area contributed by atoms with Crippen molar-refractivity contribution < 1.29 is 9.59 Å². The topological polar surface area (TPSA) is 61.4 Å².